The lowest BCUT2D eigenvalue weighted by molar-refractivity contribution is 0.340. The Hall–Kier alpha value is -4.39. The van der Waals surface area contributed by atoms with Crippen LogP contribution in [0.4, 0.5) is 0 Å². The molecule has 0 saturated heterocycles. The number of aromatic amines is 1. The minimum absolute atomic E-state index is 0.330. The Morgan fingerprint density at radius 2 is 1.76 bits per heavy atom. The summed E-state index contributed by atoms with van der Waals surface area (Å²) in [6.07, 6.45) is 3.60. The van der Waals surface area contributed by atoms with E-state index >= 15 is 0 Å². The van der Waals surface area contributed by atoms with Gasteiger partial charge in [-0.25, -0.2) is 9.36 Å². The Morgan fingerprint density at radius 3 is 2.52 bits per heavy atom. The number of nitrogens with zero attached hydrogens (tertiary/aromatic N) is 3. The van der Waals surface area contributed by atoms with Gasteiger partial charge < -0.3 is 4.74 Å². The van der Waals surface area contributed by atoms with Crippen molar-refractivity contribution >= 4 is 10.9 Å². The maximum Gasteiger partial charge on any atom is 0.336 e. The van der Waals surface area contributed by atoms with Gasteiger partial charge in [-0.15, -0.1) is 0 Å². The van der Waals surface area contributed by atoms with Gasteiger partial charge in [-0.1, -0.05) is 42.5 Å². The third-order valence-electron chi connectivity index (χ3n) is 5.56. The normalized spacial score (nSPS) is 11.1. The minimum atomic E-state index is -0.397. The number of hydrogen-bond acceptors (Lipinski definition) is 4. The highest BCUT2D eigenvalue weighted by Crippen LogP contribution is 2.20. The number of para-hydroxylation sites is 1. The van der Waals surface area contributed by atoms with Gasteiger partial charge in [0.2, 0.25) is 0 Å². The molecule has 0 saturated carbocycles. The van der Waals surface area contributed by atoms with Crippen molar-refractivity contribution in [2.45, 2.75) is 13.5 Å². The van der Waals surface area contributed by atoms with Crippen molar-refractivity contribution in [3.63, 3.8) is 0 Å². The number of benzene rings is 3. The van der Waals surface area contributed by atoms with Gasteiger partial charge in [0.05, 0.1) is 35.9 Å². The number of rotatable bonds is 6. The van der Waals surface area contributed by atoms with Crippen LogP contribution in [-0.4, -0.2) is 25.9 Å². The van der Waals surface area contributed by atoms with Gasteiger partial charge in [-0.2, -0.15) is 5.10 Å². The topological polar surface area (TPSA) is 81.9 Å². The summed E-state index contributed by atoms with van der Waals surface area (Å²) >= 11 is 0. The van der Waals surface area contributed by atoms with Gasteiger partial charge in [0, 0.05) is 17.8 Å². The minimum Gasteiger partial charge on any atom is -0.494 e. The van der Waals surface area contributed by atoms with Crippen LogP contribution in [0.2, 0.25) is 0 Å². The van der Waals surface area contributed by atoms with Gasteiger partial charge in [0.15, 0.2) is 0 Å². The highest BCUT2D eigenvalue weighted by atomic mass is 16.5. The molecule has 2 heterocycles. The Bertz CT molecular complexity index is 1530. The second kappa shape index (κ2) is 8.63. The summed E-state index contributed by atoms with van der Waals surface area (Å²) in [5.41, 5.74) is 3.30. The fraction of sp³-hybridized carbons (Fsp3) is 0.115. The third-order valence-corrected chi connectivity index (χ3v) is 5.56. The van der Waals surface area contributed by atoms with E-state index in [1.54, 1.807) is 53.2 Å². The second-order valence-electron chi connectivity index (χ2n) is 7.64. The molecule has 5 rings (SSSR count). The van der Waals surface area contributed by atoms with Crippen LogP contribution in [0.15, 0.2) is 94.8 Å². The molecular formula is C26H22N4O3. The summed E-state index contributed by atoms with van der Waals surface area (Å²) in [4.78, 5) is 26.9. The Balaban J connectivity index is 1.64. The van der Waals surface area contributed by atoms with Crippen molar-refractivity contribution < 1.29 is 4.74 Å². The van der Waals surface area contributed by atoms with Crippen molar-refractivity contribution in [2.75, 3.05) is 6.61 Å². The van der Waals surface area contributed by atoms with Crippen LogP contribution in [-0.2, 0) is 6.54 Å². The molecule has 0 unspecified atom stereocenters. The van der Waals surface area contributed by atoms with Crippen molar-refractivity contribution in [3.05, 3.63) is 112 Å². The molecule has 0 aliphatic rings. The van der Waals surface area contributed by atoms with Crippen LogP contribution in [0, 0.1) is 0 Å². The SMILES string of the molecule is CCOc1cccc(-n2c(=O)c3ccccc3n(Cc3ccc(-c4cn[nH]c4)cc3)c2=O)c1. The summed E-state index contributed by atoms with van der Waals surface area (Å²) in [6.45, 7) is 2.71. The van der Waals surface area contributed by atoms with Crippen LogP contribution >= 0.6 is 0 Å². The van der Waals surface area contributed by atoms with Crippen molar-refractivity contribution in [3.8, 4) is 22.6 Å². The van der Waals surface area contributed by atoms with Gasteiger partial charge in [0.1, 0.15) is 5.75 Å². The van der Waals surface area contributed by atoms with Crippen molar-refractivity contribution in [2.24, 2.45) is 0 Å². The summed E-state index contributed by atoms with van der Waals surface area (Å²) in [6, 6.07) is 22.2. The van der Waals surface area contributed by atoms with Crippen molar-refractivity contribution in [1.29, 1.82) is 0 Å². The molecule has 0 spiro atoms. The first-order valence-electron chi connectivity index (χ1n) is 10.7. The Kier molecular flexibility index (Phi) is 5.36. The lowest BCUT2D eigenvalue weighted by Crippen LogP contribution is -2.39. The van der Waals surface area contributed by atoms with E-state index in [9.17, 15) is 9.59 Å². The molecule has 5 aromatic rings. The van der Waals surface area contributed by atoms with Gasteiger partial charge >= 0.3 is 5.69 Å². The molecule has 3 aromatic carbocycles. The van der Waals surface area contributed by atoms with E-state index in [4.69, 9.17) is 4.74 Å². The van der Waals surface area contributed by atoms with E-state index in [-0.39, 0.29) is 5.56 Å². The number of H-pyrrole nitrogens is 1. The zero-order valence-corrected chi connectivity index (χ0v) is 18.1. The summed E-state index contributed by atoms with van der Waals surface area (Å²) in [5.74, 6) is 0.607. The molecule has 0 aliphatic heterocycles. The van der Waals surface area contributed by atoms with Crippen LogP contribution < -0.4 is 16.0 Å². The summed E-state index contributed by atoms with van der Waals surface area (Å²) < 4.78 is 8.42. The highest BCUT2D eigenvalue weighted by Gasteiger charge is 2.15. The lowest BCUT2D eigenvalue weighted by Gasteiger charge is -2.15. The van der Waals surface area contributed by atoms with E-state index in [0.717, 1.165) is 16.7 Å². The quantitative estimate of drug-likeness (QED) is 0.435. The first-order chi connectivity index (χ1) is 16.2. The van der Waals surface area contributed by atoms with E-state index in [1.165, 1.54) is 4.57 Å². The average Bonchev–Trinajstić information content (AvgIpc) is 3.38. The number of aromatic nitrogens is 4. The van der Waals surface area contributed by atoms with Crippen LogP contribution in [0.3, 0.4) is 0 Å². The molecule has 164 valence electrons. The molecular weight excluding hydrogens is 416 g/mol. The molecule has 0 amide bonds. The van der Waals surface area contributed by atoms with Crippen LogP contribution in [0.5, 0.6) is 5.75 Å². The number of ether oxygens (including phenoxy) is 1. The van der Waals surface area contributed by atoms with Crippen LogP contribution in [0.25, 0.3) is 27.7 Å². The van der Waals surface area contributed by atoms with Gasteiger partial charge in [-0.3, -0.25) is 14.5 Å². The number of hydrogen-bond donors (Lipinski definition) is 1. The molecule has 0 radical (unpaired) electrons. The second-order valence-corrected chi connectivity index (χ2v) is 7.64. The zero-order valence-electron chi connectivity index (χ0n) is 18.1. The monoisotopic (exact) mass is 438 g/mol. The molecule has 7 heteroatoms. The smallest absolute Gasteiger partial charge is 0.336 e. The Morgan fingerprint density at radius 1 is 0.939 bits per heavy atom. The fourth-order valence-corrected chi connectivity index (χ4v) is 3.97. The maximum absolute atomic E-state index is 13.6. The van der Waals surface area contributed by atoms with E-state index in [0.29, 0.717) is 35.5 Å². The summed E-state index contributed by atoms with van der Waals surface area (Å²) in [7, 11) is 0. The molecule has 0 aliphatic carbocycles. The average molecular weight is 438 g/mol. The van der Waals surface area contributed by atoms with E-state index < -0.39 is 5.69 Å². The standard InChI is InChI=1S/C26H22N4O3/c1-2-33-22-7-5-6-21(14-22)30-25(31)23-8-3-4-9-24(23)29(26(30)32)17-18-10-12-19(13-11-18)20-15-27-28-16-20/h3-16H,2,17H2,1H3,(H,27,28). The van der Waals surface area contributed by atoms with E-state index in [1.807, 2.05) is 43.5 Å². The third kappa shape index (κ3) is 3.85. The Labute approximate surface area is 189 Å². The van der Waals surface area contributed by atoms with E-state index in [2.05, 4.69) is 10.2 Å². The van der Waals surface area contributed by atoms with Crippen LogP contribution in [0.1, 0.15) is 12.5 Å². The molecule has 0 bridgehead atoms. The predicted molar refractivity (Wildman–Crippen MR) is 128 cm³/mol. The fourth-order valence-electron chi connectivity index (χ4n) is 3.97. The lowest BCUT2D eigenvalue weighted by atomic mass is 10.1. The van der Waals surface area contributed by atoms with Crippen molar-refractivity contribution in [1.82, 2.24) is 19.3 Å². The molecule has 2 aromatic heterocycles. The molecule has 0 fully saturated rings. The summed E-state index contributed by atoms with van der Waals surface area (Å²) in [5, 5.41) is 7.28. The number of nitrogens with one attached hydrogen (secondary N) is 1. The first-order valence-corrected chi connectivity index (χ1v) is 10.7. The predicted octanol–water partition coefficient (Wildman–Crippen LogP) is 3.99. The molecule has 1 N–H and O–H groups in total. The molecule has 33 heavy (non-hydrogen) atoms. The highest BCUT2D eigenvalue weighted by molar-refractivity contribution is 5.78. The molecule has 0 atom stereocenters. The molecule has 7 nitrogen and oxygen atoms in total. The first kappa shape index (κ1) is 20.5. The maximum atomic E-state index is 13.6. The largest absolute Gasteiger partial charge is 0.494 e. The number of fused-ring (bicyclic) bond motifs is 1. The van der Waals surface area contributed by atoms with Gasteiger partial charge in [-0.05, 0) is 42.3 Å². The van der Waals surface area contributed by atoms with Gasteiger partial charge in [0.25, 0.3) is 5.56 Å². The zero-order chi connectivity index (χ0) is 22.8.